The van der Waals surface area contributed by atoms with Crippen LogP contribution >= 0.6 is 11.3 Å². The van der Waals surface area contributed by atoms with Crippen LogP contribution in [0, 0.1) is 0 Å². The van der Waals surface area contributed by atoms with Crippen molar-refractivity contribution >= 4 is 41.1 Å². The molecule has 4 heterocycles. The number of ether oxygens (including phenoxy) is 1. The predicted molar refractivity (Wildman–Crippen MR) is 110 cm³/mol. The summed E-state index contributed by atoms with van der Waals surface area (Å²) in [4.78, 5) is 63.5. The van der Waals surface area contributed by atoms with Gasteiger partial charge in [0.15, 0.2) is 5.54 Å². The molecule has 12 heteroatoms. The second-order valence-corrected chi connectivity index (χ2v) is 8.57. The van der Waals surface area contributed by atoms with Crippen molar-refractivity contribution in [2.24, 2.45) is 0 Å². The first-order chi connectivity index (χ1) is 15.3. The Bertz CT molecular complexity index is 1210. The van der Waals surface area contributed by atoms with Crippen LogP contribution in [0.25, 0.3) is 0 Å². The van der Waals surface area contributed by atoms with Crippen LogP contribution < -0.4 is 26.0 Å². The molecule has 3 aliphatic heterocycles. The summed E-state index contributed by atoms with van der Waals surface area (Å²) in [5, 5.41) is 11.2. The van der Waals surface area contributed by atoms with E-state index >= 15 is 0 Å². The van der Waals surface area contributed by atoms with E-state index in [1.54, 1.807) is 29.6 Å². The first-order valence-corrected chi connectivity index (χ1v) is 10.5. The summed E-state index contributed by atoms with van der Waals surface area (Å²) in [6, 6.07) is 4.60. The van der Waals surface area contributed by atoms with Gasteiger partial charge in [0.1, 0.15) is 11.8 Å². The highest BCUT2D eigenvalue weighted by molar-refractivity contribution is 7.10. The van der Waals surface area contributed by atoms with Crippen molar-refractivity contribution in [2.45, 2.75) is 18.1 Å². The molecule has 32 heavy (non-hydrogen) atoms. The first-order valence-electron chi connectivity index (χ1n) is 9.61. The highest BCUT2D eigenvalue weighted by Gasteiger charge is 2.51. The van der Waals surface area contributed by atoms with Crippen molar-refractivity contribution in [2.75, 3.05) is 13.7 Å². The predicted octanol–water partition coefficient (Wildman–Crippen LogP) is 0.328. The highest BCUT2D eigenvalue weighted by atomic mass is 32.1. The Morgan fingerprint density at radius 3 is 2.59 bits per heavy atom. The van der Waals surface area contributed by atoms with E-state index in [-0.39, 0.29) is 19.0 Å². The molecule has 11 nitrogen and oxygen atoms in total. The van der Waals surface area contributed by atoms with Crippen molar-refractivity contribution in [3.05, 3.63) is 51.2 Å². The number of hydrogen-bond donors (Lipinski definition) is 4. The number of nitrogens with zero attached hydrogens (tertiary/aromatic N) is 1. The molecule has 0 radical (unpaired) electrons. The van der Waals surface area contributed by atoms with Crippen LogP contribution in [0.4, 0.5) is 9.59 Å². The van der Waals surface area contributed by atoms with Crippen molar-refractivity contribution in [1.29, 1.82) is 0 Å². The number of amides is 7. The van der Waals surface area contributed by atoms with Crippen LogP contribution in [0.1, 0.15) is 32.4 Å². The lowest BCUT2D eigenvalue weighted by Crippen LogP contribution is -2.52. The van der Waals surface area contributed by atoms with Crippen LogP contribution in [0.3, 0.4) is 0 Å². The van der Waals surface area contributed by atoms with Crippen molar-refractivity contribution < 1.29 is 28.7 Å². The number of imide groups is 2. The van der Waals surface area contributed by atoms with Crippen molar-refractivity contribution in [3.8, 4) is 5.75 Å². The number of carbonyl (C=O) groups is 5. The summed E-state index contributed by atoms with van der Waals surface area (Å²) in [6.07, 6.45) is 0. The highest BCUT2D eigenvalue weighted by Crippen LogP contribution is 2.36. The molecule has 1 aromatic heterocycles. The van der Waals surface area contributed by atoms with Gasteiger partial charge in [-0.15, -0.1) is 11.3 Å². The summed E-state index contributed by atoms with van der Waals surface area (Å²) >= 11 is 1.17. The van der Waals surface area contributed by atoms with Crippen LogP contribution in [0.5, 0.6) is 5.75 Å². The molecule has 0 bridgehead atoms. The second-order valence-electron chi connectivity index (χ2n) is 7.63. The number of thiophene rings is 1. The Morgan fingerprint density at radius 1 is 1.12 bits per heavy atom. The minimum absolute atomic E-state index is 0.111. The molecular weight excluding hydrogens is 438 g/mol. The zero-order valence-corrected chi connectivity index (χ0v) is 17.5. The first kappa shape index (κ1) is 20.0. The lowest BCUT2D eigenvalue weighted by molar-refractivity contribution is -0.124. The number of benzene rings is 1. The van der Waals surface area contributed by atoms with Gasteiger partial charge < -0.3 is 20.3 Å². The molecule has 0 aliphatic carbocycles. The maximum absolute atomic E-state index is 13.0. The fourth-order valence-corrected chi connectivity index (χ4v) is 5.15. The molecule has 7 amide bonds. The number of hydrogen-bond acceptors (Lipinski definition) is 7. The minimum atomic E-state index is -1.54. The third-order valence-electron chi connectivity index (χ3n) is 5.74. The Balaban J connectivity index is 1.47. The molecule has 5 rings (SSSR count). The van der Waals surface area contributed by atoms with Gasteiger partial charge in [-0.3, -0.25) is 25.0 Å². The molecule has 0 spiro atoms. The van der Waals surface area contributed by atoms with E-state index in [1.807, 2.05) is 0 Å². The summed E-state index contributed by atoms with van der Waals surface area (Å²) in [7, 11) is 1.51. The summed E-state index contributed by atoms with van der Waals surface area (Å²) in [5.41, 5.74) is 0.135. The van der Waals surface area contributed by atoms with Crippen LogP contribution in [0.2, 0.25) is 0 Å². The number of rotatable bonds is 5. The zero-order valence-electron chi connectivity index (χ0n) is 16.7. The van der Waals surface area contributed by atoms with E-state index in [4.69, 9.17) is 4.74 Å². The number of fused-ring (bicyclic) bond motifs is 1. The van der Waals surface area contributed by atoms with Gasteiger partial charge in [0.2, 0.25) is 0 Å². The third kappa shape index (κ3) is 2.99. The topological polar surface area (TPSA) is 146 Å². The van der Waals surface area contributed by atoms with Gasteiger partial charge in [0, 0.05) is 17.0 Å². The third-order valence-corrected chi connectivity index (χ3v) is 6.73. The second kappa shape index (κ2) is 7.05. The average molecular weight is 455 g/mol. The Morgan fingerprint density at radius 2 is 1.94 bits per heavy atom. The molecule has 1 aromatic carbocycles. The van der Waals surface area contributed by atoms with E-state index in [1.165, 1.54) is 23.3 Å². The monoisotopic (exact) mass is 455 g/mol. The molecule has 2 fully saturated rings. The minimum Gasteiger partial charge on any atom is -0.497 e. The van der Waals surface area contributed by atoms with Gasteiger partial charge in [0.25, 0.3) is 17.7 Å². The Hall–Kier alpha value is -3.93. The van der Waals surface area contributed by atoms with Crippen LogP contribution in [-0.2, 0) is 21.7 Å². The lowest BCUT2D eigenvalue weighted by Gasteiger charge is -2.30. The zero-order chi connectivity index (χ0) is 22.6. The smallest absolute Gasteiger partial charge is 0.322 e. The van der Waals surface area contributed by atoms with Crippen LogP contribution in [0.15, 0.2) is 29.6 Å². The van der Waals surface area contributed by atoms with Crippen LogP contribution in [-0.4, -0.2) is 48.3 Å². The van der Waals surface area contributed by atoms with E-state index < -0.39 is 35.5 Å². The van der Waals surface area contributed by atoms with Gasteiger partial charge >= 0.3 is 12.1 Å². The maximum Gasteiger partial charge on any atom is 0.322 e. The van der Waals surface area contributed by atoms with E-state index in [0.29, 0.717) is 21.8 Å². The summed E-state index contributed by atoms with van der Waals surface area (Å²) in [6.45, 7) is 0.154. The molecule has 2 aromatic rings. The maximum atomic E-state index is 13.0. The Kier molecular flexibility index (Phi) is 4.41. The molecule has 1 unspecified atom stereocenters. The summed E-state index contributed by atoms with van der Waals surface area (Å²) in [5.74, 6) is -0.852. The molecular formula is C20H17N5O6S. The number of urea groups is 2. The van der Waals surface area contributed by atoms with Crippen molar-refractivity contribution in [1.82, 2.24) is 26.2 Å². The lowest BCUT2D eigenvalue weighted by atomic mass is 9.91. The van der Waals surface area contributed by atoms with Gasteiger partial charge in [-0.25, -0.2) is 9.59 Å². The number of carbonyl (C=O) groups excluding carboxylic acids is 5. The number of methoxy groups -OCH3 is 1. The SMILES string of the molecule is COc1ccc2c(c1)C(=O)N(C[C@@]1(c3csc(C4NC(=O)NC4=O)c3)NC(=O)NC1=O)C2. The van der Waals surface area contributed by atoms with E-state index in [2.05, 4.69) is 21.3 Å². The normalized spacial score (nSPS) is 24.2. The summed E-state index contributed by atoms with van der Waals surface area (Å²) < 4.78 is 5.19. The largest absolute Gasteiger partial charge is 0.497 e. The van der Waals surface area contributed by atoms with E-state index in [9.17, 15) is 24.0 Å². The quantitative estimate of drug-likeness (QED) is 0.478. The van der Waals surface area contributed by atoms with Gasteiger partial charge in [-0.05, 0) is 34.7 Å². The van der Waals surface area contributed by atoms with Crippen molar-refractivity contribution in [3.63, 3.8) is 0 Å². The molecule has 4 N–H and O–H groups in total. The fraction of sp³-hybridized carbons (Fsp3) is 0.250. The molecule has 2 saturated heterocycles. The molecule has 0 saturated carbocycles. The molecule has 3 aliphatic rings. The average Bonchev–Trinajstić information content (AvgIpc) is 3.50. The molecule has 164 valence electrons. The van der Waals surface area contributed by atoms with Gasteiger partial charge in [-0.1, -0.05) is 6.07 Å². The standard InChI is InChI=1S/C20H17N5O6S/c1-31-11-3-2-9-6-25(16(27)12(9)5-11)8-20(17(28)23-19(30)24-20)10-4-13(32-7-10)14-15(26)22-18(29)21-14/h2-5,7,14H,6,8H2,1H3,(H2,21,22,26,29)(H2,23,24,28,30)/t14?,20-/m0/s1. The van der Waals surface area contributed by atoms with Gasteiger partial charge in [-0.2, -0.15) is 0 Å². The van der Waals surface area contributed by atoms with Gasteiger partial charge in [0.05, 0.1) is 13.7 Å². The number of nitrogens with one attached hydrogen (secondary N) is 4. The Labute approximate surface area is 185 Å². The van der Waals surface area contributed by atoms with E-state index in [0.717, 1.165) is 5.56 Å². The molecule has 2 atom stereocenters. The fourth-order valence-electron chi connectivity index (χ4n) is 4.12.